The monoisotopic (exact) mass is 233 g/mol. The zero-order chi connectivity index (χ0) is 11.8. The fourth-order valence-electron chi connectivity index (χ4n) is 3.31. The van der Waals surface area contributed by atoms with Crippen LogP contribution in [0.4, 0.5) is 5.69 Å². The number of ether oxygens (including phenoxy) is 1. The Morgan fingerprint density at radius 3 is 2.71 bits per heavy atom. The van der Waals surface area contributed by atoms with Crippen molar-refractivity contribution in [1.82, 2.24) is 4.98 Å². The molecule has 3 heterocycles. The van der Waals surface area contributed by atoms with Gasteiger partial charge in [0.25, 0.3) is 0 Å². The van der Waals surface area contributed by atoms with Crippen molar-refractivity contribution in [2.75, 3.05) is 12.0 Å². The molecule has 4 heteroatoms. The lowest BCUT2D eigenvalue weighted by molar-refractivity contribution is 0.394. The van der Waals surface area contributed by atoms with Gasteiger partial charge in [0.15, 0.2) is 0 Å². The predicted octanol–water partition coefficient (Wildman–Crippen LogP) is 1.55. The fraction of sp³-hybridized carbons (Fsp3) is 0.615. The van der Waals surface area contributed by atoms with Crippen molar-refractivity contribution in [1.29, 1.82) is 0 Å². The first-order chi connectivity index (χ1) is 8.28. The Morgan fingerprint density at radius 1 is 1.35 bits per heavy atom. The topological polar surface area (TPSA) is 51.4 Å². The molecule has 2 aliphatic heterocycles. The normalized spacial score (nSPS) is 31.6. The van der Waals surface area contributed by atoms with Crippen LogP contribution in [0.5, 0.6) is 5.88 Å². The van der Waals surface area contributed by atoms with Crippen LogP contribution in [0.2, 0.25) is 0 Å². The lowest BCUT2D eigenvalue weighted by Crippen LogP contribution is -2.47. The molecule has 1 aromatic heterocycles. The predicted molar refractivity (Wildman–Crippen MR) is 67.3 cm³/mol. The molecule has 0 saturated carbocycles. The average molecular weight is 233 g/mol. The van der Waals surface area contributed by atoms with Gasteiger partial charge in [-0.1, -0.05) is 0 Å². The molecule has 2 N–H and O–H groups in total. The SMILES string of the molecule is COc1cc(N2C3CCC2CC(N)C3)ccn1. The highest BCUT2D eigenvalue weighted by molar-refractivity contribution is 5.52. The maximum Gasteiger partial charge on any atom is 0.214 e. The number of nitrogens with zero attached hydrogens (tertiary/aromatic N) is 2. The molecule has 1 aromatic rings. The van der Waals surface area contributed by atoms with Crippen molar-refractivity contribution in [2.24, 2.45) is 5.73 Å². The highest BCUT2D eigenvalue weighted by Crippen LogP contribution is 2.39. The van der Waals surface area contributed by atoms with Crippen LogP contribution in [-0.2, 0) is 0 Å². The van der Waals surface area contributed by atoms with Crippen LogP contribution >= 0.6 is 0 Å². The molecule has 0 aromatic carbocycles. The molecule has 2 atom stereocenters. The van der Waals surface area contributed by atoms with Crippen LogP contribution in [0.25, 0.3) is 0 Å². The summed E-state index contributed by atoms with van der Waals surface area (Å²) in [5.41, 5.74) is 7.32. The van der Waals surface area contributed by atoms with Crippen molar-refractivity contribution in [3.8, 4) is 5.88 Å². The molecule has 17 heavy (non-hydrogen) atoms. The van der Waals surface area contributed by atoms with Gasteiger partial charge in [0.1, 0.15) is 0 Å². The number of aromatic nitrogens is 1. The van der Waals surface area contributed by atoms with Crippen LogP contribution < -0.4 is 15.4 Å². The summed E-state index contributed by atoms with van der Waals surface area (Å²) in [4.78, 5) is 6.69. The van der Waals surface area contributed by atoms with Crippen LogP contribution in [0.15, 0.2) is 18.3 Å². The zero-order valence-electron chi connectivity index (χ0n) is 10.2. The number of hydrogen-bond acceptors (Lipinski definition) is 4. The van der Waals surface area contributed by atoms with E-state index >= 15 is 0 Å². The van der Waals surface area contributed by atoms with Crippen molar-refractivity contribution in [2.45, 2.75) is 43.8 Å². The number of rotatable bonds is 2. The van der Waals surface area contributed by atoms with E-state index in [1.807, 2.05) is 12.3 Å². The first kappa shape index (κ1) is 10.8. The summed E-state index contributed by atoms with van der Waals surface area (Å²) in [7, 11) is 1.66. The lowest BCUT2D eigenvalue weighted by Gasteiger charge is -2.39. The maximum atomic E-state index is 6.09. The second-order valence-corrected chi connectivity index (χ2v) is 5.08. The van der Waals surface area contributed by atoms with Gasteiger partial charge in [-0.25, -0.2) is 4.98 Å². The molecule has 0 amide bonds. The number of pyridine rings is 1. The Hall–Kier alpha value is -1.29. The third kappa shape index (κ3) is 1.86. The number of nitrogens with two attached hydrogens (primary N) is 1. The Bertz CT molecular complexity index is 395. The Labute approximate surface area is 102 Å². The molecular formula is C13H19N3O. The van der Waals surface area contributed by atoms with Gasteiger partial charge in [0, 0.05) is 36.1 Å². The minimum absolute atomic E-state index is 0.382. The van der Waals surface area contributed by atoms with E-state index in [9.17, 15) is 0 Å². The number of fused-ring (bicyclic) bond motifs is 2. The van der Waals surface area contributed by atoms with Gasteiger partial charge in [-0.15, -0.1) is 0 Å². The second-order valence-electron chi connectivity index (χ2n) is 5.08. The Balaban J connectivity index is 1.89. The van der Waals surface area contributed by atoms with E-state index in [0.29, 0.717) is 24.0 Å². The maximum absolute atomic E-state index is 6.09. The summed E-state index contributed by atoms with van der Waals surface area (Å²) in [5, 5.41) is 0. The molecule has 2 fully saturated rings. The molecule has 0 radical (unpaired) electrons. The standard InChI is InChI=1S/C13H19N3O/c1-17-13-8-12(4-5-15-13)16-10-2-3-11(16)7-9(14)6-10/h4-5,8-11H,2-3,6-7,14H2,1H3. The van der Waals surface area contributed by atoms with Gasteiger partial charge in [0.05, 0.1) is 7.11 Å². The minimum Gasteiger partial charge on any atom is -0.481 e. The molecular weight excluding hydrogens is 214 g/mol. The molecule has 2 saturated heterocycles. The highest BCUT2D eigenvalue weighted by atomic mass is 16.5. The van der Waals surface area contributed by atoms with E-state index in [4.69, 9.17) is 10.5 Å². The minimum atomic E-state index is 0.382. The molecule has 3 rings (SSSR count). The van der Waals surface area contributed by atoms with Gasteiger partial charge in [-0.3, -0.25) is 0 Å². The number of methoxy groups -OCH3 is 1. The van der Waals surface area contributed by atoms with E-state index in [2.05, 4.69) is 16.0 Å². The van der Waals surface area contributed by atoms with E-state index in [1.54, 1.807) is 7.11 Å². The lowest BCUT2D eigenvalue weighted by atomic mass is 9.97. The fourth-order valence-corrected chi connectivity index (χ4v) is 3.31. The van der Waals surface area contributed by atoms with E-state index in [1.165, 1.54) is 18.5 Å². The van der Waals surface area contributed by atoms with Gasteiger partial charge >= 0.3 is 0 Å². The second kappa shape index (κ2) is 4.18. The molecule has 0 spiro atoms. The van der Waals surface area contributed by atoms with Crippen LogP contribution in [0.1, 0.15) is 25.7 Å². The third-order valence-electron chi connectivity index (χ3n) is 4.00. The van der Waals surface area contributed by atoms with Gasteiger partial charge in [0.2, 0.25) is 5.88 Å². The van der Waals surface area contributed by atoms with Crippen molar-refractivity contribution in [3.63, 3.8) is 0 Å². The zero-order valence-corrected chi connectivity index (χ0v) is 10.2. The third-order valence-corrected chi connectivity index (χ3v) is 4.00. The van der Waals surface area contributed by atoms with Crippen LogP contribution in [-0.4, -0.2) is 30.2 Å². The quantitative estimate of drug-likeness (QED) is 0.842. The van der Waals surface area contributed by atoms with Gasteiger partial charge in [-0.05, 0) is 31.7 Å². The summed E-state index contributed by atoms with van der Waals surface area (Å²) in [6.07, 6.45) is 6.58. The molecule has 4 nitrogen and oxygen atoms in total. The molecule has 0 aliphatic carbocycles. The Morgan fingerprint density at radius 2 is 2.06 bits per heavy atom. The number of hydrogen-bond donors (Lipinski definition) is 1. The Kier molecular flexibility index (Phi) is 2.67. The van der Waals surface area contributed by atoms with Crippen LogP contribution in [0, 0.1) is 0 Å². The first-order valence-corrected chi connectivity index (χ1v) is 6.32. The van der Waals surface area contributed by atoms with E-state index in [-0.39, 0.29) is 0 Å². The average Bonchev–Trinajstić information content (AvgIpc) is 2.62. The summed E-state index contributed by atoms with van der Waals surface area (Å²) >= 11 is 0. The number of anilines is 1. The highest BCUT2D eigenvalue weighted by Gasteiger charge is 2.39. The molecule has 2 bridgehead atoms. The van der Waals surface area contributed by atoms with Gasteiger partial charge < -0.3 is 15.4 Å². The van der Waals surface area contributed by atoms with Gasteiger partial charge in [-0.2, -0.15) is 0 Å². The smallest absolute Gasteiger partial charge is 0.214 e. The molecule has 2 aliphatic rings. The molecule has 92 valence electrons. The van der Waals surface area contributed by atoms with Crippen molar-refractivity contribution >= 4 is 5.69 Å². The van der Waals surface area contributed by atoms with Crippen molar-refractivity contribution < 1.29 is 4.74 Å². The van der Waals surface area contributed by atoms with Crippen LogP contribution in [0.3, 0.4) is 0 Å². The summed E-state index contributed by atoms with van der Waals surface area (Å²) in [5.74, 6) is 0.691. The summed E-state index contributed by atoms with van der Waals surface area (Å²) in [6, 6.07) is 5.70. The summed E-state index contributed by atoms with van der Waals surface area (Å²) in [6.45, 7) is 0. The van der Waals surface area contributed by atoms with E-state index < -0.39 is 0 Å². The first-order valence-electron chi connectivity index (χ1n) is 6.32. The number of piperidine rings is 1. The van der Waals surface area contributed by atoms with Crippen molar-refractivity contribution in [3.05, 3.63) is 18.3 Å². The summed E-state index contributed by atoms with van der Waals surface area (Å²) < 4.78 is 5.20. The van der Waals surface area contributed by atoms with E-state index in [0.717, 1.165) is 12.8 Å². The molecule has 2 unspecified atom stereocenters. The largest absolute Gasteiger partial charge is 0.481 e.